The zero-order chi connectivity index (χ0) is 15.2. The third-order valence-electron chi connectivity index (χ3n) is 3.62. The van der Waals surface area contributed by atoms with Crippen LogP contribution in [0.1, 0.15) is 19.8 Å². The lowest BCUT2D eigenvalue weighted by molar-refractivity contribution is -0.133. The Morgan fingerprint density at radius 1 is 1.41 bits per heavy atom. The van der Waals surface area contributed by atoms with Gasteiger partial charge < -0.3 is 10.2 Å². The van der Waals surface area contributed by atoms with Crippen LogP contribution in [0.2, 0.25) is 0 Å². The van der Waals surface area contributed by atoms with Gasteiger partial charge in [0, 0.05) is 47.2 Å². The Hall–Kier alpha value is -0.430. The molecule has 0 radical (unpaired) electrons. The van der Waals surface area contributed by atoms with E-state index in [1.54, 1.807) is 0 Å². The number of carbonyl (C=O) groups is 1. The maximum atomic E-state index is 12.2. The molecule has 2 rings (SSSR count). The molecule has 1 heterocycles. The van der Waals surface area contributed by atoms with Crippen molar-refractivity contribution < 1.29 is 9.00 Å². The van der Waals surface area contributed by atoms with E-state index in [9.17, 15) is 9.00 Å². The lowest BCUT2D eigenvalue weighted by Crippen LogP contribution is -2.52. The van der Waals surface area contributed by atoms with Crippen LogP contribution < -0.4 is 5.32 Å². The predicted octanol–water partition coefficient (Wildman–Crippen LogP) is 2.58. The van der Waals surface area contributed by atoms with Gasteiger partial charge in [0.2, 0.25) is 5.91 Å². The quantitative estimate of drug-likeness (QED) is 0.813. The fourth-order valence-electron chi connectivity index (χ4n) is 2.41. The average Bonchev–Trinajstić information content (AvgIpc) is 2.48. The van der Waals surface area contributed by atoms with E-state index in [0.717, 1.165) is 29.0 Å². The first-order valence-corrected chi connectivity index (χ1v) is 9.33. The Kier molecular flexibility index (Phi) is 8.61. The minimum Gasteiger partial charge on any atom is -0.337 e. The van der Waals surface area contributed by atoms with E-state index in [1.165, 1.54) is 0 Å². The molecule has 0 saturated carbocycles. The summed E-state index contributed by atoms with van der Waals surface area (Å²) in [5.41, 5.74) is 0. The molecule has 0 aliphatic carbocycles. The van der Waals surface area contributed by atoms with Gasteiger partial charge in [-0.3, -0.25) is 9.00 Å². The van der Waals surface area contributed by atoms with Crippen LogP contribution in [-0.2, 0) is 15.6 Å². The molecule has 1 aliphatic rings. The van der Waals surface area contributed by atoms with E-state index in [-0.39, 0.29) is 24.4 Å². The number of amides is 1. The molecule has 2 unspecified atom stereocenters. The summed E-state index contributed by atoms with van der Waals surface area (Å²) >= 11 is 3.36. The molecule has 124 valence electrons. The van der Waals surface area contributed by atoms with E-state index in [0.29, 0.717) is 18.6 Å². The fraction of sp³-hybridized carbons (Fsp3) is 0.533. The number of nitrogens with one attached hydrogen (secondary N) is 1. The Morgan fingerprint density at radius 3 is 2.73 bits per heavy atom. The summed E-state index contributed by atoms with van der Waals surface area (Å²) < 4.78 is 13.1. The van der Waals surface area contributed by atoms with Crippen molar-refractivity contribution in [2.24, 2.45) is 0 Å². The highest BCUT2D eigenvalue weighted by atomic mass is 79.9. The molecule has 1 fully saturated rings. The molecular formula is C15H22BrClN2O2S. The number of rotatable bonds is 5. The first-order chi connectivity index (χ1) is 10.1. The monoisotopic (exact) mass is 408 g/mol. The number of hydrogen-bond donors (Lipinski definition) is 1. The Labute approximate surface area is 149 Å². The van der Waals surface area contributed by atoms with Crippen molar-refractivity contribution in [3.63, 3.8) is 0 Å². The maximum Gasteiger partial charge on any atom is 0.222 e. The maximum absolute atomic E-state index is 12.2. The first-order valence-electron chi connectivity index (χ1n) is 7.22. The highest BCUT2D eigenvalue weighted by molar-refractivity contribution is 9.10. The van der Waals surface area contributed by atoms with Gasteiger partial charge in [-0.25, -0.2) is 0 Å². The summed E-state index contributed by atoms with van der Waals surface area (Å²) in [6.07, 6.45) is 1.14. The standard InChI is InChI=1S/C15H21BrN2O2S.ClH/c1-12-11-17-8-9-18(12)15(19)3-2-10-21(20)14-6-4-13(16)5-7-14;/h4-7,12,17H,2-3,8-11H2,1H3;1H. The summed E-state index contributed by atoms with van der Waals surface area (Å²) in [6, 6.07) is 7.76. The minimum atomic E-state index is -1.03. The number of halogens is 2. The molecule has 1 aromatic rings. The number of nitrogens with zero attached hydrogens (tertiary/aromatic N) is 1. The van der Waals surface area contributed by atoms with Crippen LogP contribution in [0.3, 0.4) is 0 Å². The van der Waals surface area contributed by atoms with E-state index in [2.05, 4.69) is 28.2 Å². The van der Waals surface area contributed by atoms with Crippen molar-refractivity contribution in [3.8, 4) is 0 Å². The third-order valence-corrected chi connectivity index (χ3v) is 5.60. The van der Waals surface area contributed by atoms with Crippen LogP contribution in [0.25, 0.3) is 0 Å². The zero-order valence-electron chi connectivity index (χ0n) is 12.6. The van der Waals surface area contributed by atoms with Gasteiger partial charge >= 0.3 is 0 Å². The topological polar surface area (TPSA) is 49.4 Å². The second-order valence-corrected chi connectivity index (χ2v) is 7.73. The molecule has 22 heavy (non-hydrogen) atoms. The van der Waals surface area contributed by atoms with Crippen molar-refractivity contribution in [2.75, 3.05) is 25.4 Å². The number of carbonyl (C=O) groups excluding carboxylic acids is 1. The van der Waals surface area contributed by atoms with Crippen LogP contribution in [0.4, 0.5) is 0 Å². The molecule has 1 N–H and O–H groups in total. The Morgan fingerprint density at radius 2 is 2.09 bits per heavy atom. The molecule has 1 saturated heterocycles. The molecule has 0 spiro atoms. The second-order valence-electron chi connectivity index (χ2n) is 5.25. The van der Waals surface area contributed by atoms with Gasteiger partial charge in [-0.2, -0.15) is 0 Å². The van der Waals surface area contributed by atoms with Crippen molar-refractivity contribution in [2.45, 2.75) is 30.7 Å². The Balaban J connectivity index is 0.00000242. The van der Waals surface area contributed by atoms with Gasteiger partial charge in [0.25, 0.3) is 0 Å². The summed E-state index contributed by atoms with van der Waals surface area (Å²) in [5, 5.41) is 3.27. The summed E-state index contributed by atoms with van der Waals surface area (Å²) in [6.45, 7) is 4.55. The van der Waals surface area contributed by atoms with Crippen LogP contribution in [-0.4, -0.2) is 46.4 Å². The van der Waals surface area contributed by atoms with Gasteiger partial charge in [-0.1, -0.05) is 15.9 Å². The summed E-state index contributed by atoms with van der Waals surface area (Å²) in [4.78, 5) is 14.9. The number of hydrogen-bond acceptors (Lipinski definition) is 3. The van der Waals surface area contributed by atoms with Crippen molar-refractivity contribution in [3.05, 3.63) is 28.7 Å². The van der Waals surface area contributed by atoms with E-state index >= 15 is 0 Å². The van der Waals surface area contributed by atoms with E-state index < -0.39 is 10.8 Å². The highest BCUT2D eigenvalue weighted by Gasteiger charge is 2.22. The number of benzene rings is 1. The zero-order valence-corrected chi connectivity index (χ0v) is 15.8. The van der Waals surface area contributed by atoms with Gasteiger partial charge in [0.05, 0.1) is 10.8 Å². The lowest BCUT2D eigenvalue weighted by Gasteiger charge is -2.34. The molecular weight excluding hydrogens is 388 g/mol. The summed E-state index contributed by atoms with van der Waals surface area (Å²) in [5.74, 6) is 0.713. The molecule has 0 bridgehead atoms. The van der Waals surface area contributed by atoms with Gasteiger partial charge in [0.1, 0.15) is 0 Å². The molecule has 4 nitrogen and oxygen atoms in total. The van der Waals surface area contributed by atoms with Crippen molar-refractivity contribution >= 4 is 45.0 Å². The molecule has 1 aromatic carbocycles. The van der Waals surface area contributed by atoms with Crippen LogP contribution in [0, 0.1) is 0 Å². The highest BCUT2D eigenvalue weighted by Crippen LogP contribution is 2.15. The average molecular weight is 410 g/mol. The van der Waals surface area contributed by atoms with Crippen LogP contribution >= 0.6 is 28.3 Å². The normalized spacial score (nSPS) is 19.4. The second kappa shape index (κ2) is 9.65. The summed E-state index contributed by atoms with van der Waals surface area (Å²) in [7, 11) is -1.03. The molecule has 7 heteroatoms. The predicted molar refractivity (Wildman–Crippen MR) is 95.9 cm³/mol. The van der Waals surface area contributed by atoms with Crippen LogP contribution in [0.5, 0.6) is 0 Å². The minimum absolute atomic E-state index is 0. The molecule has 1 amide bonds. The van der Waals surface area contributed by atoms with E-state index in [1.807, 2.05) is 29.2 Å². The van der Waals surface area contributed by atoms with E-state index in [4.69, 9.17) is 0 Å². The van der Waals surface area contributed by atoms with Crippen molar-refractivity contribution in [1.82, 2.24) is 10.2 Å². The lowest BCUT2D eigenvalue weighted by atomic mass is 10.2. The van der Waals surface area contributed by atoms with Gasteiger partial charge in [-0.05, 0) is 37.6 Å². The Bertz CT molecular complexity index is 513. The third kappa shape index (κ3) is 5.65. The SMILES string of the molecule is CC1CNCCN1C(=O)CCCS(=O)c1ccc(Br)cc1.Cl. The largest absolute Gasteiger partial charge is 0.337 e. The van der Waals surface area contributed by atoms with Gasteiger partial charge in [0.15, 0.2) is 0 Å². The van der Waals surface area contributed by atoms with Gasteiger partial charge in [-0.15, -0.1) is 12.4 Å². The fourth-order valence-corrected chi connectivity index (χ4v) is 3.76. The molecule has 2 atom stereocenters. The molecule has 1 aliphatic heterocycles. The van der Waals surface area contributed by atoms with Crippen LogP contribution in [0.15, 0.2) is 33.6 Å². The number of piperazine rings is 1. The first kappa shape index (κ1) is 19.6. The smallest absolute Gasteiger partial charge is 0.222 e. The molecule has 0 aromatic heterocycles. The van der Waals surface area contributed by atoms with Crippen molar-refractivity contribution in [1.29, 1.82) is 0 Å².